The number of allylic oxidation sites excluding steroid dienone is 1. The summed E-state index contributed by atoms with van der Waals surface area (Å²) in [6.45, 7) is 0.00453. The number of aromatic amines is 1. The first-order valence-electron chi connectivity index (χ1n) is 9.29. The Hall–Kier alpha value is -4.06. The molecule has 4 rings (SSSR count). The number of aromatic nitrogens is 2. The summed E-state index contributed by atoms with van der Waals surface area (Å²) in [4.78, 5) is 33.2. The van der Waals surface area contributed by atoms with Gasteiger partial charge >= 0.3 is 5.97 Å². The Balaban J connectivity index is 1.40. The third kappa shape index (κ3) is 3.89. The molecule has 9 heteroatoms. The first-order valence-corrected chi connectivity index (χ1v) is 9.29. The van der Waals surface area contributed by atoms with E-state index >= 15 is 0 Å². The van der Waals surface area contributed by atoms with E-state index in [0.29, 0.717) is 16.8 Å². The average Bonchev–Trinajstić information content (AvgIpc) is 3.47. The summed E-state index contributed by atoms with van der Waals surface area (Å²) in [5, 5.41) is 19.7. The van der Waals surface area contributed by atoms with Gasteiger partial charge in [0.25, 0.3) is 0 Å². The molecule has 0 spiro atoms. The lowest BCUT2D eigenvalue weighted by Gasteiger charge is -2.14. The van der Waals surface area contributed by atoms with Gasteiger partial charge in [0.15, 0.2) is 11.6 Å². The molecule has 2 aromatic heterocycles. The quantitative estimate of drug-likeness (QED) is 0.365. The predicted octanol–water partition coefficient (Wildman–Crippen LogP) is 2.54. The van der Waals surface area contributed by atoms with Gasteiger partial charge in [-0.05, 0) is 24.3 Å². The number of amides is 1. The van der Waals surface area contributed by atoms with Gasteiger partial charge in [-0.2, -0.15) is 5.26 Å². The van der Waals surface area contributed by atoms with Gasteiger partial charge in [0.05, 0.1) is 29.8 Å². The molecule has 1 fully saturated rings. The van der Waals surface area contributed by atoms with E-state index in [1.165, 1.54) is 11.2 Å². The Morgan fingerprint density at radius 1 is 1.37 bits per heavy atom. The van der Waals surface area contributed by atoms with Crippen molar-refractivity contribution >= 4 is 28.5 Å². The second-order valence-electron chi connectivity index (χ2n) is 6.90. The van der Waals surface area contributed by atoms with E-state index in [-0.39, 0.29) is 36.8 Å². The van der Waals surface area contributed by atoms with E-state index in [2.05, 4.69) is 9.97 Å². The van der Waals surface area contributed by atoms with Gasteiger partial charge in [-0.25, -0.2) is 4.98 Å². The van der Waals surface area contributed by atoms with Gasteiger partial charge < -0.3 is 24.1 Å². The Kier molecular flexibility index (Phi) is 5.22. The molecule has 1 aromatic carbocycles. The molecule has 0 aliphatic carbocycles. The van der Waals surface area contributed by atoms with Gasteiger partial charge in [0, 0.05) is 13.0 Å². The van der Waals surface area contributed by atoms with Crippen LogP contribution in [0.2, 0.25) is 0 Å². The molecule has 1 unspecified atom stereocenters. The van der Waals surface area contributed by atoms with Gasteiger partial charge in [0.1, 0.15) is 24.0 Å². The standard InChI is InChI=1S/C21H18N4O5/c22-9-15(20-23-16-5-1-2-6-17(16)24-20)18(26)12-30-21(28)13-8-19(27)25(10-13)11-14-4-3-7-29-14/h1-7,13,26H,8,10-12H2,(H,23,24). The van der Waals surface area contributed by atoms with Gasteiger partial charge in [-0.15, -0.1) is 0 Å². The fourth-order valence-electron chi connectivity index (χ4n) is 3.33. The van der Waals surface area contributed by atoms with Crippen LogP contribution in [0.25, 0.3) is 16.6 Å². The van der Waals surface area contributed by atoms with Crippen molar-refractivity contribution in [3.8, 4) is 6.07 Å². The van der Waals surface area contributed by atoms with Crippen LogP contribution in [-0.2, 0) is 20.9 Å². The maximum atomic E-state index is 12.4. The molecule has 1 aliphatic heterocycles. The molecule has 0 saturated carbocycles. The summed E-state index contributed by atoms with van der Waals surface area (Å²) in [7, 11) is 0. The molecule has 2 N–H and O–H groups in total. The van der Waals surface area contributed by atoms with Crippen molar-refractivity contribution in [2.75, 3.05) is 13.2 Å². The maximum Gasteiger partial charge on any atom is 0.311 e. The molecule has 1 saturated heterocycles. The highest BCUT2D eigenvalue weighted by Gasteiger charge is 2.35. The van der Waals surface area contributed by atoms with Crippen LogP contribution in [-0.4, -0.2) is 45.0 Å². The highest BCUT2D eigenvalue weighted by molar-refractivity contribution is 5.87. The minimum Gasteiger partial charge on any atom is -0.507 e. The Bertz CT molecular complexity index is 1120. The predicted molar refractivity (Wildman–Crippen MR) is 104 cm³/mol. The second-order valence-corrected chi connectivity index (χ2v) is 6.90. The van der Waals surface area contributed by atoms with Crippen LogP contribution in [0.5, 0.6) is 0 Å². The zero-order valence-corrected chi connectivity index (χ0v) is 15.9. The van der Waals surface area contributed by atoms with E-state index in [4.69, 9.17) is 9.15 Å². The van der Waals surface area contributed by atoms with Crippen molar-refractivity contribution in [1.29, 1.82) is 5.26 Å². The number of carbonyl (C=O) groups is 2. The lowest BCUT2D eigenvalue weighted by Crippen LogP contribution is -2.26. The van der Waals surface area contributed by atoms with Crippen LogP contribution < -0.4 is 0 Å². The number of aliphatic hydroxyl groups excluding tert-OH is 1. The molecule has 1 atom stereocenters. The molecule has 1 amide bonds. The number of hydrogen-bond acceptors (Lipinski definition) is 7. The molecule has 0 bridgehead atoms. The number of esters is 1. The van der Waals surface area contributed by atoms with Crippen LogP contribution in [0.15, 0.2) is 52.8 Å². The fraction of sp³-hybridized carbons (Fsp3) is 0.238. The smallest absolute Gasteiger partial charge is 0.311 e. The largest absolute Gasteiger partial charge is 0.507 e. The lowest BCUT2D eigenvalue weighted by molar-refractivity contribution is -0.148. The number of H-pyrrole nitrogens is 1. The summed E-state index contributed by atoms with van der Waals surface area (Å²) >= 11 is 0. The minimum absolute atomic E-state index is 0.0265. The number of imidazole rings is 1. The van der Waals surface area contributed by atoms with Gasteiger partial charge in [0.2, 0.25) is 5.91 Å². The topological polar surface area (TPSA) is 132 Å². The highest BCUT2D eigenvalue weighted by atomic mass is 16.5. The summed E-state index contributed by atoms with van der Waals surface area (Å²) in [6.07, 6.45) is 1.55. The Labute approximate surface area is 171 Å². The molecular weight excluding hydrogens is 388 g/mol. The molecule has 9 nitrogen and oxygen atoms in total. The Morgan fingerprint density at radius 3 is 2.93 bits per heavy atom. The Morgan fingerprint density at radius 2 is 2.20 bits per heavy atom. The van der Waals surface area contributed by atoms with Crippen LogP contribution in [0.3, 0.4) is 0 Å². The number of fused-ring (bicyclic) bond motifs is 1. The van der Waals surface area contributed by atoms with E-state index in [9.17, 15) is 20.0 Å². The number of aliphatic hydroxyl groups is 1. The molecule has 3 heterocycles. The number of nitrogens with one attached hydrogen (secondary N) is 1. The first-order chi connectivity index (χ1) is 14.5. The number of ether oxygens (including phenoxy) is 1. The number of furan rings is 1. The lowest BCUT2D eigenvalue weighted by atomic mass is 10.1. The number of benzene rings is 1. The molecule has 30 heavy (non-hydrogen) atoms. The van der Waals surface area contributed by atoms with Crippen LogP contribution >= 0.6 is 0 Å². The SMILES string of the molecule is N#CC(=C(O)COC(=O)C1CC(=O)N(Cc2ccco2)C1)c1nc2ccccc2[nH]1. The van der Waals surface area contributed by atoms with Crippen molar-refractivity contribution in [1.82, 2.24) is 14.9 Å². The number of nitriles is 1. The monoisotopic (exact) mass is 406 g/mol. The third-order valence-electron chi connectivity index (χ3n) is 4.85. The highest BCUT2D eigenvalue weighted by Crippen LogP contribution is 2.23. The van der Waals surface area contributed by atoms with E-state index in [0.717, 1.165) is 0 Å². The maximum absolute atomic E-state index is 12.4. The van der Waals surface area contributed by atoms with Crippen LogP contribution in [0.4, 0.5) is 0 Å². The van der Waals surface area contributed by atoms with Crippen molar-refractivity contribution in [3.63, 3.8) is 0 Å². The summed E-state index contributed by atoms with van der Waals surface area (Å²) in [5.74, 6) is -1.03. The van der Waals surface area contributed by atoms with Gasteiger partial charge in [-0.3, -0.25) is 9.59 Å². The van der Waals surface area contributed by atoms with Crippen LogP contribution in [0, 0.1) is 17.2 Å². The minimum atomic E-state index is -0.642. The number of carbonyl (C=O) groups excluding carboxylic acids is 2. The zero-order chi connectivity index (χ0) is 21.1. The number of likely N-dealkylation sites (tertiary alicyclic amines) is 1. The number of hydrogen-bond donors (Lipinski definition) is 2. The summed E-state index contributed by atoms with van der Waals surface area (Å²) in [5.41, 5.74) is 1.25. The average molecular weight is 406 g/mol. The number of rotatable bonds is 6. The van der Waals surface area contributed by atoms with Crippen LogP contribution in [0.1, 0.15) is 18.0 Å². The molecule has 152 valence electrons. The van der Waals surface area contributed by atoms with E-state index in [1.807, 2.05) is 18.2 Å². The zero-order valence-electron chi connectivity index (χ0n) is 15.9. The fourth-order valence-corrected chi connectivity index (χ4v) is 3.33. The van der Waals surface area contributed by atoms with E-state index < -0.39 is 24.3 Å². The van der Waals surface area contributed by atoms with Crippen molar-refractivity contribution in [3.05, 3.63) is 60.0 Å². The van der Waals surface area contributed by atoms with Crippen molar-refractivity contribution < 1.29 is 23.8 Å². The molecular formula is C21H18N4O5. The second kappa shape index (κ2) is 8.13. The summed E-state index contributed by atoms with van der Waals surface area (Å²) < 4.78 is 10.4. The number of nitrogens with zero attached hydrogens (tertiary/aromatic N) is 3. The normalized spacial score (nSPS) is 17.1. The molecule has 1 aliphatic rings. The van der Waals surface area contributed by atoms with Crippen molar-refractivity contribution in [2.24, 2.45) is 5.92 Å². The first kappa shape index (κ1) is 19.3. The molecule has 0 radical (unpaired) electrons. The van der Waals surface area contributed by atoms with E-state index in [1.54, 1.807) is 24.3 Å². The summed E-state index contributed by atoms with van der Waals surface area (Å²) in [6, 6.07) is 12.6. The third-order valence-corrected chi connectivity index (χ3v) is 4.85. The van der Waals surface area contributed by atoms with Gasteiger partial charge in [-0.1, -0.05) is 12.1 Å². The van der Waals surface area contributed by atoms with Crippen molar-refractivity contribution in [2.45, 2.75) is 13.0 Å². The molecule has 3 aromatic rings. The number of para-hydroxylation sites is 2.